The summed E-state index contributed by atoms with van der Waals surface area (Å²) in [5.41, 5.74) is 3.49. The number of nitrogens with zero attached hydrogens (tertiary/aromatic N) is 1. The molecule has 0 bridgehead atoms. The summed E-state index contributed by atoms with van der Waals surface area (Å²) in [6, 6.07) is 17.2. The third-order valence-corrected chi connectivity index (χ3v) is 4.74. The average molecular weight is 378 g/mol. The van der Waals surface area contributed by atoms with Crippen LogP contribution in [-0.4, -0.2) is 36.5 Å². The highest BCUT2D eigenvalue weighted by atomic mass is 16.5. The Hall–Kier alpha value is -2.92. The zero-order valence-electron chi connectivity index (χ0n) is 16.4. The zero-order chi connectivity index (χ0) is 19.9. The molecule has 1 N–H and O–H groups in total. The van der Waals surface area contributed by atoms with Gasteiger partial charge in [0.05, 0.1) is 5.57 Å². The summed E-state index contributed by atoms with van der Waals surface area (Å²) < 4.78 is 5.34. The third-order valence-electron chi connectivity index (χ3n) is 4.74. The van der Waals surface area contributed by atoms with Crippen molar-refractivity contribution in [3.8, 4) is 0 Å². The quantitative estimate of drug-likeness (QED) is 0.532. The molecule has 0 aromatic heterocycles. The van der Waals surface area contributed by atoms with Crippen molar-refractivity contribution < 1.29 is 14.3 Å². The van der Waals surface area contributed by atoms with E-state index in [0.29, 0.717) is 37.4 Å². The van der Waals surface area contributed by atoms with Gasteiger partial charge in [-0.3, -0.25) is 14.5 Å². The number of amides is 2. The lowest BCUT2D eigenvalue weighted by atomic mass is 10.0. The smallest absolute Gasteiger partial charge is 0.278 e. The summed E-state index contributed by atoms with van der Waals surface area (Å²) in [5.74, 6) is -0.555. The Bertz CT molecular complexity index is 857. The standard InChI is InChI=1S/C23H26N2O3/c1-3-17-11-13-19(14-12-17)24-21-20(18-9-6-5-7-10-18)22(26)25(23(21)27)15-8-16-28-4-2/h5-7,9-14,24H,3-4,8,15-16H2,1-2H3. The van der Waals surface area contributed by atoms with E-state index in [-0.39, 0.29) is 11.8 Å². The van der Waals surface area contributed by atoms with Gasteiger partial charge >= 0.3 is 0 Å². The van der Waals surface area contributed by atoms with Crippen molar-refractivity contribution in [1.82, 2.24) is 4.90 Å². The Morgan fingerprint density at radius 2 is 1.64 bits per heavy atom. The lowest BCUT2D eigenvalue weighted by Gasteiger charge is -2.15. The minimum atomic E-state index is -0.292. The largest absolute Gasteiger partial charge is 0.382 e. The lowest BCUT2D eigenvalue weighted by Crippen LogP contribution is -2.34. The minimum absolute atomic E-state index is 0.264. The summed E-state index contributed by atoms with van der Waals surface area (Å²) >= 11 is 0. The van der Waals surface area contributed by atoms with Crippen molar-refractivity contribution in [2.24, 2.45) is 0 Å². The van der Waals surface area contributed by atoms with E-state index in [9.17, 15) is 9.59 Å². The Morgan fingerprint density at radius 1 is 0.929 bits per heavy atom. The average Bonchev–Trinajstić information content (AvgIpc) is 2.96. The van der Waals surface area contributed by atoms with Crippen molar-refractivity contribution in [1.29, 1.82) is 0 Å². The molecule has 5 heteroatoms. The van der Waals surface area contributed by atoms with Gasteiger partial charge in [0.15, 0.2) is 0 Å². The number of ether oxygens (including phenoxy) is 1. The molecule has 5 nitrogen and oxygen atoms in total. The van der Waals surface area contributed by atoms with Crippen LogP contribution in [0.5, 0.6) is 0 Å². The van der Waals surface area contributed by atoms with E-state index >= 15 is 0 Å². The topological polar surface area (TPSA) is 58.6 Å². The van der Waals surface area contributed by atoms with Crippen LogP contribution in [0.3, 0.4) is 0 Å². The van der Waals surface area contributed by atoms with Crippen LogP contribution in [0, 0.1) is 0 Å². The van der Waals surface area contributed by atoms with Gasteiger partial charge in [0.25, 0.3) is 11.8 Å². The molecule has 2 amide bonds. The molecule has 0 unspecified atom stereocenters. The van der Waals surface area contributed by atoms with Crippen molar-refractivity contribution >= 4 is 23.1 Å². The summed E-state index contributed by atoms with van der Waals surface area (Å²) in [6.07, 6.45) is 1.56. The molecule has 1 heterocycles. The first-order valence-corrected chi connectivity index (χ1v) is 9.75. The highest BCUT2D eigenvalue weighted by Gasteiger charge is 2.38. The molecule has 28 heavy (non-hydrogen) atoms. The monoisotopic (exact) mass is 378 g/mol. The van der Waals surface area contributed by atoms with Crippen molar-refractivity contribution in [2.75, 3.05) is 25.1 Å². The minimum Gasteiger partial charge on any atom is -0.382 e. The molecule has 0 fully saturated rings. The number of carbonyl (C=O) groups is 2. The maximum Gasteiger partial charge on any atom is 0.278 e. The lowest BCUT2D eigenvalue weighted by molar-refractivity contribution is -0.137. The molecule has 0 radical (unpaired) electrons. The van der Waals surface area contributed by atoms with Crippen LogP contribution in [0.4, 0.5) is 5.69 Å². The van der Waals surface area contributed by atoms with Gasteiger partial charge in [-0.15, -0.1) is 0 Å². The van der Waals surface area contributed by atoms with Gasteiger partial charge in [0.1, 0.15) is 5.70 Å². The Morgan fingerprint density at radius 3 is 2.29 bits per heavy atom. The van der Waals surface area contributed by atoms with E-state index in [4.69, 9.17) is 4.74 Å². The molecule has 0 spiro atoms. The fraction of sp³-hybridized carbons (Fsp3) is 0.304. The van der Waals surface area contributed by atoms with Crippen LogP contribution in [0.1, 0.15) is 31.4 Å². The van der Waals surface area contributed by atoms with Crippen LogP contribution in [0.25, 0.3) is 5.57 Å². The summed E-state index contributed by atoms with van der Waals surface area (Å²) in [5, 5.41) is 3.19. The summed E-state index contributed by atoms with van der Waals surface area (Å²) in [4.78, 5) is 27.4. The number of imide groups is 1. The molecule has 0 atom stereocenters. The number of aryl methyl sites for hydroxylation is 1. The van der Waals surface area contributed by atoms with Gasteiger partial charge in [0.2, 0.25) is 0 Å². The number of hydrogen-bond donors (Lipinski definition) is 1. The molecule has 3 rings (SSSR count). The van der Waals surface area contributed by atoms with Gasteiger partial charge in [-0.1, -0.05) is 49.4 Å². The van der Waals surface area contributed by atoms with E-state index < -0.39 is 0 Å². The molecule has 2 aromatic carbocycles. The number of carbonyl (C=O) groups excluding carboxylic acids is 2. The van der Waals surface area contributed by atoms with E-state index in [2.05, 4.69) is 12.2 Å². The SMILES string of the molecule is CCOCCCN1C(=O)C(Nc2ccc(CC)cc2)=C(c2ccccc2)C1=O. The first-order valence-electron chi connectivity index (χ1n) is 9.75. The fourth-order valence-corrected chi connectivity index (χ4v) is 3.20. The highest BCUT2D eigenvalue weighted by molar-refractivity contribution is 6.36. The Balaban J connectivity index is 1.89. The third kappa shape index (κ3) is 4.31. The normalized spacial score (nSPS) is 14.1. The molecule has 2 aromatic rings. The maximum atomic E-state index is 13.0. The number of hydrogen-bond acceptors (Lipinski definition) is 4. The van der Waals surface area contributed by atoms with Crippen LogP contribution < -0.4 is 5.32 Å². The maximum absolute atomic E-state index is 13.0. The molecule has 0 saturated carbocycles. The van der Waals surface area contributed by atoms with Gasteiger partial charge in [-0.2, -0.15) is 0 Å². The molecule has 146 valence electrons. The van der Waals surface area contributed by atoms with Crippen LogP contribution in [-0.2, 0) is 20.7 Å². The number of rotatable bonds is 9. The molecule has 0 aliphatic carbocycles. The molecular formula is C23H26N2O3. The summed E-state index contributed by atoms with van der Waals surface area (Å²) in [7, 11) is 0. The van der Waals surface area contributed by atoms with Crippen LogP contribution in [0.2, 0.25) is 0 Å². The second-order valence-electron chi connectivity index (χ2n) is 6.60. The molecule has 1 aliphatic rings. The van der Waals surface area contributed by atoms with E-state index in [1.54, 1.807) is 0 Å². The van der Waals surface area contributed by atoms with Gasteiger partial charge in [-0.25, -0.2) is 0 Å². The van der Waals surface area contributed by atoms with E-state index in [1.807, 2.05) is 61.5 Å². The van der Waals surface area contributed by atoms with E-state index in [1.165, 1.54) is 10.5 Å². The van der Waals surface area contributed by atoms with Crippen LogP contribution in [0.15, 0.2) is 60.3 Å². The van der Waals surface area contributed by atoms with Gasteiger partial charge < -0.3 is 10.1 Å². The second kappa shape index (κ2) is 9.33. The highest BCUT2D eigenvalue weighted by Crippen LogP contribution is 2.30. The van der Waals surface area contributed by atoms with E-state index in [0.717, 1.165) is 17.7 Å². The number of nitrogens with one attached hydrogen (secondary N) is 1. The predicted octanol–water partition coefficient (Wildman–Crippen LogP) is 3.87. The zero-order valence-corrected chi connectivity index (χ0v) is 16.4. The fourth-order valence-electron chi connectivity index (χ4n) is 3.20. The first kappa shape index (κ1) is 19.8. The van der Waals surface area contributed by atoms with Gasteiger partial charge in [0, 0.05) is 25.4 Å². The van der Waals surface area contributed by atoms with Crippen LogP contribution >= 0.6 is 0 Å². The Labute approximate surface area is 166 Å². The predicted molar refractivity (Wildman–Crippen MR) is 111 cm³/mol. The van der Waals surface area contributed by atoms with Gasteiger partial charge in [-0.05, 0) is 43.0 Å². The van der Waals surface area contributed by atoms with Crippen molar-refractivity contribution in [3.05, 3.63) is 71.4 Å². The summed E-state index contributed by atoms with van der Waals surface area (Å²) in [6.45, 7) is 5.50. The van der Waals surface area contributed by atoms with Crippen molar-refractivity contribution in [3.63, 3.8) is 0 Å². The second-order valence-corrected chi connectivity index (χ2v) is 6.60. The molecule has 1 aliphatic heterocycles. The molecular weight excluding hydrogens is 352 g/mol. The number of benzene rings is 2. The van der Waals surface area contributed by atoms with Crippen molar-refractivity contribution in [2.45, 2.75) is 26.7 Å². The Kier molecular flexibility index (Phi) is 6.61. The first-order chi connectivity index (χ1) is 13.7. The molecule has 0 saturated heterocycles. The number of anilines is 1.